The molecule has 156 valence electrons. The molecule has 0 fully saturated rings. The van der Waals surface area contributed by atoms with E-state index in [0.717, 1.165) is 29.5 Å². The second-order valence-corrected chi connectivity index (χ2v) is 7.55. The predicted molar refractivity (Wildman–Crippen MR) is 124 cm³/mol. The molecule has 0 saturated carbocycles. The topological polar surface area (TPSA) is 46.5 Å². The first-order valence-electron chi connectivity index (χ1n) is 10.1. The monoisotopic (exact) mass is 402 g/mol. The minimum Gasteiger partial charge on any atom is -0.508 e. The Balaban J connectivity index is 1.82. The van der Waals surface area contributed by atoms with Gasteiger partial charge in [0.1, 0.15) is 12.4 Å². The highest BCUT2D eigenvalue weighted by Crippen LogP contribution is 2.28. The maximum Gasteiger partial charge on any atom is 0.331 e. The summed E-state index contributed by atoms with van der Waals surface area (Å²) in [7, 11) is 0. The Kier molecular flexibility index (Phi) is 8.89. The third-order valence-electron chi connectivity index (χ3n) is 4.87. The molecule has 3 nitrogen and oxygen atoms in total. The van der Waals surface area contributed by atoms with E-state index in [4.69, 9.17) is 4.74 Å². The lowest BCUT2D eigenvalue weighted by Gasteiger charge is -2.20. The Labute approximate surface area is 179 Å². The van der Waals surface area contributed by atoms with Crippen LogP contribution in [-0.2, 0) is 16.1 Å². The molecule has 0 radical (unpaired) electrons. The van der Waals surface area contributed by atoms with Gasteiger partial charge in [-0.2, -0.15) is 0 Å². The van der Waals surface area contributed by atoms with Gasteiger partial charge in [-0.25, -0.2) is 4.79 Å². The normalized spacial score (nSPS) is 14.0. The predicted octanol–water partition coefficient (Wildman–Crippen LogP) is 6.62. The Morgan fingerprint density at radius 1 is 1.10 bits per heavy atom. The summed E-state index contributed by atoms with van der Waals surface area (Å²) in [4.78, 5) is 11.9. The molecule has 0 amide bonds. The number of ether oxygens (including phenoxy) is 1. The van der Waals surface area contributed by atoms with E-state index in [9.17, 15) is 9.90 Å². The van der Waals surface area contributed by atoms with Crippen LogP contribution in [0.3, 0.4) is 0 Å². The lowest BCUT2D eigenvalue weighted by Crippen LogP contribution is -2.08. The summed E-state index contributed by atoms with van der Waals surface area (Å²) in [6, 6.07) is 16.7. The third kappa shape index (κ3) is 8.36. The molecule has 3 heteroatoms. The van der Waals surface area contributed by atoms with Crippen molar-refractivity contribution in [2.45, 2.75) is 33.3 Å². The number of rotatable bonds is 10. The zero-order valence-electron chi connectivity index (χ0n) is 17.8. The van der Waals surface area contributed by atoms with E-state index >= 15 is 0 Å². The van der Waals surface area contributed by atoms with E-state index in [0.29, 0.717) is 0 Å². The molecule has 0 aromatic heterocycles. The van der Waals surface area contributed by atoms with Crippen molar-refractivity contribution in [3.63, 3.8) is 0 Å². The fraction of sp³-hybridized carbons (Fsp3) is 0.222. The first-order chi connectivity index (χ1) is 14.4. The van der Waals surface area contributed by atoms with Crippen LogP contribution in [0.4, 0.5) is 0 Å². The highest BCUT2D eigenvalue weighted by Gasteiger charge is 2.15. The molecule has 1 N–H and O–H groups in total. The van der Waals surface area contributed by atoms with Crippen LogP contribution < -0.4 is 0 Å². The van der Waals surface area contributed by atoms with Crippen molar-refractivity contribution in [1.82, 2.24) is 0 Å². The largest absolute Gasteiger partial charge is 0.508 e. The molecule has 0 aliphatic carbocycles. The third-order valence-corrected chi connectivity index (χ3v) is 4.87. The zero-order chi connectivity index (χ0) is 21.8. The van der Waals surface area contributed by atoms with E-state index in [1.54, 1.807) is 18.2 Å². The molecule has 0 aliphatic rings. The molecule has 2 aromatic rings. The quantitative estimate of drug-likeness (QED) is 0.210. The first-order valence-corrected chi connectivity index (χ1v) is 10.1. The molecule has 2 aromatic carbocycles. The molecule has 0 heterocycles. The number of esters is 1. The van der Waals surface area contributed by atoms with E-state index in [1.807, 2.05) is 61.5 Å². The number of hydrogen-bond donors (Lipinski definition) is 1. The average molecular weight is 403 g/mol. The summed E-state index contributed by atoms with van der Waals surface area (Å²) in [5.74, 6) is -0.0874. The van der Waals surface area contributed by atoms with Gasteiger partial charge in [0.2, 0.25) is 0 Å². The van der Waals surface area contributed by atoms with Crippen LogP contribution in [0.15, 0.2) is 97.1 Å². The van der Waals surface area contributed by atoms with Gasteiger partial charge in [0, 0.05) is 11.5 Å². The van der Waals surface area contributed by atoms with Crippen molar-refractivity contribution in [1.29, 1.82) is 0 Å². The molecule has 2 rings (SSSR count). The van der Waals surface area contributed by atoms with Gasteiger partial charge in [-0.05, 0) is 43.0 Å². The Bertz CT molecular complexity index is 905. The van der Waals surface area contributed by atoms with Gasteiger partial charge >= 0.3 is 5.97 Å². The van der Waals surface area contributed by atoms with Gasteiger partial charge in [-0.15, -0.1) is 6.58 Å². The Hall–Kier alpha value is -3.33. The molecule has 0 unspecified atom stereocenters. The number of aromatic hydroxyl groups is 1. The molecule has 0 aliphatic heterocycles. The Morgan fingerprint density at radius 3 is 2.47 bits per heavy atom. The van der Waals surface area contributed by atoms with E-state index in [1.165, 1.54) is 6.08 Å². The standard InChI is InChI=1S/C27H30O3/c1-4-27(3,20-18-23-13-15-25(28)16-14-23)19-8-9-22(2)12-17-26(29)30-21-24-10-6-5-7-11-24/h4-7,9-18,20,28H,1,8,19,21H2,2-3H3/b17-12+,20-18+,22-9+/t27-/m1/s1. The fourth-order valence-electron chi connectivity index (χ4n) is 2.78. The van der Waals surface area contributed by atoms with Gasteiger partial charge in [0.15, 0.2) is 0 Å². The van der Waals surface area contributed by atoms with Gasteiger partial charge in [-0.1, -0.05) is 85.3 Å². The zero-order valence-corrected chi connectivity index (χ0v) is 17.8. The smallest absolute Gasteiger partial charge is 0.331 e. The van der Waals surface area contributed by atoms with Crippen molar-refractivity contribution in [2.24, 2.45) is 5.41 Å². The number of benzene rings is 2. The molecule has 1 atom stereocenters. The maximum absolute atomic E-state index is 11.9. The van der Waals surface area contributed by atoms with Gasteiger partial charge in [-0.3, -0.25) is 0 Å². The number of carbonyl (C=O) groups is 1. The molecule has 0 saturated heterocycles. The average Bonchev–Trinajstić information content (AvgIpc) is 2.76. The van der Waals surface area contributed by atoms with Crippen LogP contribution in [0, 0.1) is 5.41 Å². The van der Waals surface area contributed by atoms with Crippen LogP contribution in [-0.4, -0.2) is 11.1 Å². The number of hydrogen-bond acceptors (Lipinski definition) is 3. The summed E-state index contributed by atoms with van der Waals surface area (Å²) < 4.78 is 5.24. The van der Waals surface area contributed by atoms with Crippen molar-refractivity contribution in [2.75, 3.05) is 0 Å². The SMILES string of the molecule is C=C[C@@](C)(/C=C/c1ccc(O)cc1)CC/C=C(C)/C=C/C(=O)OCc1ccccc1. The van der Waals surface area contributed by atoms with Crippen LogP contribution in [0.2, 0.25) is 0 Å². The second kappa shape index (κ2) is 11.6. The Morgan fingerprint density at radius 2 is 1.80 bits per heavy atom. The number of carbonyl (C=O) groups excluding carboxylic acids is 1. The van der Waals surface area contributed by atoms with E-state index in [-0.39, 0.29) is 23.7 Å². The summed E-state index contributed by atoms with van der Waals surface area (Å²) in [6.45, 7) is 8.36. The molecule has 0 spiro atoms. The maximum atomic E-state index is 11.9. The van der Waals surface area contributed by atoms with E-state index < -0.39 is 0 Å². The second-order valence-electron chi connectivity index (χ2n) is 7.55. The summed E-state index contributed by atoms with van der Waals surface area (Å²) >= 11 is 0. The molecule has 0 bridgehead atoms. The van der Waals surface area contributed by atoms with Gasteiger partial charge in [0.25, 0.3) is 0 Å². The van der Waals surface area contributed by atoms with Crippen molar-refractivity contribution < 1.29 is 14.6 Å². The van der Waals surface area contributed by atoms with Crippen molar-refractivity contribution >= 4 is 12.0 Å². The summed E-state index contributed by atoms with van der Waals surface area (Å²) in [6.07, 6.45) is 13.2. The minimum atomic E-state index is -0.348. The lowest BCUT2D eigenvalue weighted by atomic mass is 9.84. The van der Waals surface area contributed by atoms with E-state index in [2.05, 4.69) is 25.7 Å². The van der Waals surface area contributed by atoms with Gasteiger partial charge < -0.3 is 9.84 Å². The molecule has 30 heavy (non-hydrogen) atoms. The number of phenols is 1. The van der Waals surface area contributed by atoms with Crippen molar-refractivity contribution in [3.05, 3.63) is 108 Å². The van der Waals surface area contributed by atoms with Gasteiger partial charge in [0.05, 0.1) is 0 Å². The number of allylic oxidation sites excluding steroid dienone is 5. The van der Waals surface area contributed by atoms with Crippen molar-refractivity contribution in [3.8, 4) is 5.75 Å². The lowest BCUT2D eigenvalue weighted by molar-refractivity contribution is -0.139. The molecular formula is C27H30O3. The summed E-state index contributed by atoms with van der Waals surface area (Å²) in [5.41, 5.74) is 2.87. The highest BCUT2D eigenvalue weighted by atomic mass is 16.5. The van der Waals surface area contributed by atoms with Crippen LogP contribution in [0.1, 0.15) is 37.8 Å². The minimum absolute atomic E-state index is 0.146. The van der Waals surface area contributed by atoms with Crippen LogP contribution in [0.5, 0.6) is 5.75 Å². The molecular weight excluding hydrogens is 372 g/mol. The van der Waals surface area contributed by atoms with Crippen LogP contribution >= 0.6 is 0 Å². The summed E-state index contributed by atoms with van der Waals surface area (Å²) in [5, 5.41) is 9.38. The highest BCUT2D eigenvalue weighted by molar-refractivity contribution is 5.82. The fourth-order valence-corrected chi connectivity index (χ4v) is 2.78. The van der Waals surface area contributed by atoms with Crippen LogP contribution in [0.25, 0.3) is 6.08 Å². The number of phenolic OH excluding ortho intramolecular Hbond substituents is 1. The first kappa shape index (κ1) is 23.0.